The van der Waals surface area contributed by atoms with Gasteiger partial charge in [0.1, 0.15) is 24.2 Å². The van der Waals surface area contributed by atoms with Crippen LogP contribution in [0.15, 0.2) is 47.6 Å². The molecule has 0 saturated carbocycles. The van der Waals surface area contributed by atoms with Crippen LogP contribution < -0.4 is 4.74 Å². The average molecular weight is 284 g/mol. The largest absolute Gasteiger partial charge is 0.489 e. The van der Waals surface area contributed by atoms with E-state index in [2.05, 4.69) is 5.16 Å². The fourth-order valence-corrected chi connectivity index (χ4v) is 1.88. The number of hydrogen-bond donors (Lipinski definition) is 1. The highest BCUT2D eigenvalue weighted by Gasteiger charge is 2.10. The van der Waals surface area contributed by atoms with E-state index < -0.39 is 0 Å². The molecule has 0 unspecified atom stereocenters. The van der Waals surface area contributed by atoms with Gasteiger partial charge in [-0.25, -0.2) is 4.39 Å². The van der Waals surface area contributed by atoms with E-state index in [0.29, 0.717) is 22.4 Å². The summed E-state index contributed by atoms with van der Waals surface area (Å²) in [5.74, 6) is 0.241. The average Bonchev–Trinajstić information content (AvgIpc) is 2.51. The molecule has 0 bridgehead atoms. The lowest BCUT2D eigenvalue weighted by Crippen LogP contribution is -2.06. The molecule has 0 fully saturated rings. The first-order valence-corrected chi connectivity index (χ1v) is 6.25. The van der Waals surface area contributed by atoms with E-state index in [4.69, 9.17) is 15.2 Å². The number of oxime groups is 1. The molecule has 0 radical (unpaired) electrons. The summed E-state index contributed by atoms with van der Waals surface area (Å²) in [4.78, 5) is 0. The van der Waals surface area contributed by atoms with Gasteiger partial charge >= 0.3 is 0 Å². The van der Waals surface area contributed by atoms with Crippen LogP contribution in [-0.4, -0.2) is 10.9 Å². The van der Waals surface area contributed by atoms with Crippen LogP contribution in [-0.2, 0) is 6.61 Å². The first kappa shape index (κ1) is 14.5. The smallest absolute Gasteiger partial charge is 0.187 e. The molecule has 0 heterocycles. The molecular formula is C16H13FN2O2. The standard InChI is InChI=1S/C16H13FN2O2/c1-11-8-13(6-7-15(11)17)21-10-12-4-2-3-5-14(12)16(9-18)19-20/h2-8,20H,10H2,1H3/b19-16-. The zero-order chi connectivity index (χ0) is 15.2. The van der Waals surface area contributed by atoms with Crippen LogP contribution >= 0.6 is 0 Å². The summed E-state index contributed by atoms with van der Waals surface area (Å²) in [6, 6.07) is 13.3. The Balaban J connectivity index is 2.21. The zero-order valence-electron chi connectivity index (χ0n) is 11.4. The van der Waals surface area contributed by atoms with Crippen molar-refractivity contribution in [3.05, 3.63) is 65.0 Å². The number of halogens is 1. The van der Waals surface area contributed by atoms with Gasteiger partial charge in [-0.1, -0.05) is 29.4 Å². The number of hydrogen-bond acceptors (Lipinski definition) is 4. The quantitative estimate of drug-likeness (QED) is 0.531. The van der Waals surface area contributed by atoms with Crippen LogP contribution in [0.1, 0.15) is 16.7 Å². The van der Waals surface area contributed by atoms with Crippen molar-refractivity contribution in [2.45, 2.75) is 13.5 Å². The van der Waals surface area contributed by atoms with Crippen LogP contribution in [0, 0.1) is 24.1 Å². The van der Waals surface area contributed by atoms with E-state index in [1.165, 1.54) is 12.1 Å². The van der Waals surface area contributed by atoms with Crippen molar-refractivity contribution in [1.29, 1.82) is 5.26 Å². The molecule has 2 aromatic rings. The molecule has 5 heteroatoms. The highest BCUT2D eigenvalue weighted by Crippen LogP contribution is 2.19. The molecule has 0 aliphatic rings. The van der Waals surface area contributed by atoms with Gasteiger partial charge in [-0.3, -0.25) is 0 Å². The van der Waals surface area contributed by atoms with Gasteiger partial charge in [0.2, 0.25) is 0 Å². The lowest BCUT2D eigenvalue weighted by molar-refractivity contribution is 0.304. The van der Waals surface area contributed by atoms with E-state index in [-0.39, 0.29) is 18.1 Å². The van der Waals surface area contributed by atoms with E-state index in [1.807, 2.05) is 6.07 Å². The van der Waals surface area contributed by atoms with Crippen LogP contribution in [0.4, 0.5) is 4.39 Å². The normalized spacial score (nSPS) is 11.0. The number of nitrogens with zero attached hydrogens (tertiary/aromatic N) is 2. The summed E-state index contributed by atoms with van der Waals surface area (Å²) in [5, 5.41) is 20.7. The number of benzene rings is 2. The molecule has 0 atom stereocenters. The third kappa shape index (κ3) is 3.37. The highest BCUT2D eigenvalue weighted by atomic mass is 19.1. The lowest BCUT2D eigenvalue weighted by atomic mass is 10.0. The molecule has 106 valence electrons. The van der Waals surface area contributed by atoms with Gasteiger partial charge in [-0.15, -0.1) is 0 Å². The summed E-state index contributed by atoms with van der Waals surface area (Å²) in [5.41, 5.74) is 1.62. The van der Waals surface area contributed by atoms with E-state index >= 15 is 0 Å². The molecule has 0 saturated heterocycles. The third-order valence-electron chi connectivity index (χ3n) is 3.00. The van der Waals surface area contributed by atoms with Crippen molar-refractivity contribution < 1.29 is 14.3 Å². The van der Waals surface area contributed by atoms with Gasteiger partial charge in [-0.2, -0.15) is 5.26 Å². The Hall–Kier alpha value is -2.87. The zero-order valence-corrected chi connectivity index (χ0v) is 11.4. The van der Waals surface area contributed by atoms with Crippen molar-refractivity contribution in [3.8, 4) is 11.8 Å². The molecule has 2 rings (SSSR count). The topological polar surface area (TPSA) is 65.6 Å². The Labute approximate surface area is 121 Å². The van der Waals surface area contributed by atoms with Gasteiger partial charge in [0.15, 0.2) is 5.71 Å². The third-order valence-corrected chi connectivity index (χ3v) is 3.00. The molecule has 4 nitrogen and oxygen atoms in total. The number of ether oxygens (including phenoxy) is 1. The molecule has 0 aliphatic carbocycles. The van der Waals surface area contributed by atoms with Gasteiger partial charge in [0, 0.05) is 5.56 Å². The van der Waals surface area contributed by atoms with Gasteiger partial charge < -0.3 is 9.94 Å². The number of rotatable bonds is 4. The van der Waals surface area contributed by atoms with Crippen LogP contribution in [0.5, 0.6) is 5.75 Å². The lowest BCUT2D eigenvalue weighted by Gasteiger charge is -2.10. The van der Waals surface area contributed by atoms with Crippen molar-refractivity contribution in [2.75, 3.05) is 0 Å². The Morgan fingerprint density at radius 1 is 1.33 bits per heavy atom. The highest BCUT2D eigenvalue weighted by molar-refractivity contribution is 6.12. The molecule has 0 spiro atoms. The monoisotopic (exact) mass is 284 g/mol. The molecule has 0 aliphatic heterocycles. The van der Waals surface area contributed by atoms with Crippen molar-refractivity contribution in [1.82, 2.24) is 0 Å². The predicted octanol–water partition coefficient (Wildman–Crippen LogP) is 3.42. The molecule has 0 amide bonds. The maximum absolute atomic E-state index is 13.2. The van der Waals surface area contributed by atoms with Gasteiger partial charge in [0.25, 0.3) is 0 Å². The van der Waals surface area contributed by atoms with E-state index in [9.17, 15) is 4.39 Å². The van der Waals surface area contributed by atoms with Crippen LogP contribution in [0.25, 0.3) is 0 Å². The van der Waals surface area contributed by atoms with Crippen molar-refractivity contribution in [3.63, 3.8) is 0 Å². The SMILES string of the molecule is Cc1cc(OCc2ccccc2/C(C#N)=N\O)ccc1F. The predicted molar refractivity (Wildman–Crippen MR) is 75.8 cm³/mol. The van der Waals surface area contributed by atoms with Crippen LogP contribution in [0.3, 0.4) is 0 Å². The van der Waals surface area contributed by atoms with Crippen molar-refractivity contribution in [2.24, 2.45) is 5.16 Å². The summed E-state index contributed by atoms with van der Waals surface area (Å²) in [7, 11) is 0. The second kappa shape index (κ2) is 6.53. The fraction of sp³-hybridized carbons (Fsp3) is 0.125. The summed E-state index contributed by atoms with van der Waals surface area (Å²) < 4.78 is 18.8. The molecule has 2 aromatic carbocycles. The molecule has 0 aromatic heterocycles. The minimum atomic E-state index is -0.290. The number of aryl methyl sites for hydroxylation is 1. The maximum atomic E-state index is 13.2. The first-order chi connectivity index (χ1) is 10.2. The van der Waals surface area contributed by atoms with Crippen LogP contribution in [0.2, 0.25) is 0 Å². The van der Waals surface area contributed by atoms with Gasteiger partial charge in [-0.05, 0) is 36.2 Å². The molecule has 21 heavy (non-hydrogen) atoms. The Morgan fingerprint density at radius 2 is 2.10 bits per heavy atom. The Morgan fingerprint density at radius 3 is 2.76 bits per heavy atom. The maximum Gasteiger partial charge on any atom is 0.187 e. The van der Waals surface area contributed by atoms with Gasteiger partial charge in [0.05, 0.1) is 0 Å². The summed E-state index contributed by atoms with van der Waals surface area (Å²) >= 11 is 0. The fourth-order valence-electron chi connectivity index (χ4n) is 1.88. The second-order valence-electron chi connectivity index (χ2n) is 4.42. The minimum absolute atomic E-state index is 0.0792. The summed E-state index contributed by atoms with van der Waals surface area (Å²) in [6.07, 6.45) is 0. The Kier molecular flexibility index (Phi) is 4.52. The Bertz CT molecular complexity index is 720. The van der Waals surface area contributed by atoms with Crippen molar-refractivity contribution >= 4 is 5.71 Å². The second-order valence-corrected chi connectivity index (χ2v) is 4.42. The molecule has 1 N–H and O–H groups in total. The first-order valence-electron chi connectivity index (χ1n) is 6.25. The molecular weight excluding hydrogens is 271 g/mol. The number of nitriles is 1. The van der Waals surface area contributed by atoms with E-state index in [0.717, 1.165) is 0 Å². The minimum Gasteiger partial charge on any atom is -0.489 e. The van der Waals surface area contributed by atoms with E-state index in [1.54, 1.807) is 37.3 Å². The summed E-state index contributed by atoms with van der Waals surface area (Å²) in [6.45, 7) is 1.84.